The third-order valence-corrected chi connectivity index (χ3v) is 4.93. The molecule has 1 saturated heterocycles. The minimum atomic E-state index is 0.132. The third-order valence-electron chi connectivity index (χ3n) is 3.56. The number of hydrogen-bond donors (Lipinski definition) is 1. The summed E-state index contributed by atoms with van der Waals surface area (Å²) in [5.41, 5.74) is 2.58. The Morgan fingerprint density at radius 1 is 1.45 bits per heavy atom. The monoisotopic (exact) mass is 293 g/mol. The van der Waals surface area contributed by atoms with Crippen molar-refractivity contribution < 1.29 is 0 Å². The molecule has 2 rings (SSSR count). The molecule has 0 aromatic carbocycles. The Bertz CT molecular complexity index is 428. The maximum Gasteiger partial charge on any atom is 0.0562 e. The van der Waals surface area contributed by atoms with Crippen LogP contribution in [0.4, 0.5) is 5.69 Å². The van der Waals surface area contributed by atoms with Gasteiger partial charge in [0.25, 0.3) is 0 Å². The smallest absolute Gasteiger partial charge is 0.0562 e. The molecule has 0 radical (unpaired) electrons. The minimum Gasteiger partial charge on any atom is -0.369 e. The molecule has 20 heavy (non-hydrogen) atoms. The second kappa shape index (κ2) is 6.81. The molecule has 0 aliphatic carbocycles. The van der Waals surface area contributed by atoms with Gasteiger partial charge < -0.3 is 10.2 Å². The number of nitrogens with zero attached hydrogens (tertiary/aromatic N) is 2. The summed E-state index contributed by atoms with van der Waals surface area (Å²) < 4.78 is 0. The van der Waals surface area contributed by atoms with Crippen molar-refractivity contribution in [3.63, 3.8) is 0 Å². The molecule has 0 bridgehead atoms. The average molecular weight is 293 g/mol. The fraction of sp³-hybridized carbons (Fsp3) is 0.688. The van der Waals surface area contributed by atoms with Crippen molar-refractivity contribution in [1.29, 1.82) is 0 Å². The molecule has 1 aliphatic heterocycles. The van der Waals surface area contributed by atoms with Crippen LogP contribution in [0.5, 0.6) is 0 Å². The summed E-state index contributed by atoms with van der Waals surface area (Å²) in [5, 5.41) is 4.27. The van der Waals surface area contributed by atoms with E-state index in [0.29, 0.717) is 0 Å². The average Bonchev–Trinajstić information content (AvgIpc) is 2.45. The lowest BCUT2D eigenvalue weighted by atomic mass is 10.1. The number of pyridine rings is 1. The third kappa shape index (κ3) is 4.67. The summed E-state index contributed by atoms with van der Waals surface area (Å²) in [6.07, 6.45) is 3.20. The van der Waals surface area contributed by atoms with Gasteiger partial charge in [-0.3, -0.25) is 4.98 Å². The van der Waals surface area contributed by atoms with Crippen molar-refractivity contribution in [3.8, 4) is 0 Å². The first kappa shape index (κ1) is 15.6. The van der Waals surface area contributed by atoms with E-state index in [0.717, 1.165) is 30.6 Å². The summed E-state index contributed by atoms with van der Waals surface area (Å²) >= 11 is 2.11. The van der Waals surface area contributed by atoms with Gasteiger partial charge in [-0.15, -0.1) is 0 Å². The largest absolute Gasteiger partial charge is 0.369 e. The van der Waals surface area contributed by atoms with Crippen LogP contribution in [0.15, 0.2) is 18.3 Å². The molecule has 2 heterocycles. The standard InChI is InChI=1S/C16H27N3S/c1-5-15-12-19(8-9-20-15)14-6-7-17-13(10-14)11-18-16(2,3)4/h6-7,10,15,18H,5,8-9,11-12H2,1-4H3. The Labute approximate surface area is 127 Å². The highest BCUT2D eigenvalue weighted by Crippen LogP contribution is 2.25. The van der Waals surface area contributed by atoms with E-state index >= 15 is 0 Å². The van der Waals surface area contributed by atoms with E-state index in [-0.39, 0.29) is 5.54 Å². The molecule has 1 aliphatic rings. The van der Waals surface area contributed by atoms with E-state index in [1.54, 1.807) is 0 Å². The van der Waals surface area contributed by atoms with Crippen molar-refractivity contribution >= 4 is 17.4 Å². The van der Waals surface area contributed by atoms with Crippen LogP contribution in [0.25, 0.3) is 0 Å². The van der Waals surface area contributed by atoms with Crippen molar-refractivity contribution in [2.24, 2.45) is 0 Å². The van der Waals surface area contributed by atoms with Crippen LogP contribution in [0, 0.1) is 0 Å². The molecule has 112 valence electrons. The van der Waals surface area contributed by atoms with Gasteiger partial charge in [0.2, 0.25) is 0 Å². The summed E-state index contributed by atoms with van der Waals surface area (Å²) in [4.78, 5) is 6.99. The van der Waals surface area contributed by atoms with E-state index < -0.39 is 0 Å². The Balaban J connectivity index is 2.01. The van der Waals surface area contributed by atoms with Gasteiger partial charge >= 0.3 is 0 Å². The van der Waals surface area contributed by atoms with Crippen LogP contribution in [-0.2, 0) is 6.54 Å². The predicted octanol–water partition coefficient (Wildman–Crippen LogP) is 3.30. The predicted molar refractivity (Wildman–Crippen MR) is 89.6 cm³/mol. The van der Waals surface area contributed by atoms with E-state index in [4.69, 9.17) is 0 Å². The fourth-order valence-corrected chi connectivity index (χ4v) is 3.50. The second-order valence-corrected chi connectivity index (χ2v) is 7.86. The van der Waals surface area contributed by atoms with E-state index in [1.165, 1.54) is 17.9 Å². The van der Waals surface area contributed by atoms with Gasteiger partial charge in [0.15, 0.2) is 0 Å². The lowest BCUT2D eigenvalue weighted by molar-refractivity contribution is 0.421. The van der Waals surface area contributed by atoms with Crippen LogP contribution in [-0.4, -0.2) is 34.6 Å². The Hall–Kier alpha value is -0.740. The Morgan fingerprint density at radius 2 is 2.25 bits per heavy atom. The van der Waals surface area contributed by atoms with Crippen molar-refractivity contribution in [2.75, 3.05) is 23.7 Å². The second-order valence-electron chi connectivity index (χ2n) is 6.46. The molecule has 1 N–H and O–H groups in total. The topological polar surface area (TPSA) is 28.2 Å². The molecule has 1 unspecified atom stereocenters. The molecule has 0 amide bonds. The van der Waals surface area contributed by atoms with Crippen LogP contribution >= 0.6 is 11.8 Å². The van der Waals surface area contributed by atoms with Crippen LogP contribution in [0.2, 0.25) is 0 Å². The fourth-order valence-electron chi connectivity index (χ4n) is 2.32. The van der Waals surface area contributed by atoms with Gasteiger partial charge in [-0.2, -0.15) is 11.8 Å². The molecule has 1 aromatic rings. The first-order valence-corrected chi connectivity index (χ1v) is 8.59. The van der Waals surface area contributed by atoms with E-state index in [9.17, 15) is 0 Å². The Morgan fingerprint density at radius 3 is 2.95 bits per heavy atom. The number of anilines is 1. The van der Waals surface area contributed by atoms with Crippen LogP contribution in [0.3, 0.4) is 0 Å². The SMILES string of the molecule is CCC1CN(c2ccnc(CNC(C)(C)C)c2)CCS1. The normalized spacial score (nSPS) is 20.2. The zero-order valence-electron chi connectivity index (χ0n) is 13.1. The lowest BCUT2D eigenvalue weighted by Gasteiger charge is -2.33. The first-order valence-electron chi connectivity index (χ1n) is 7.54. The molecule has 3 nitrogen and oxygen atoms in total. The number of nitrogens with one attached hydrogen (secondary N) is 1. The summed E-state index contributed by atoms with van der Waals surface area (Å²) in [6.45, 7) is 12.0. The quantitative estimate of drug-likeness (QED) is 0.922. The number of hydrogen-bond acceptors (Lipinski definition) is 4. The van der Waals surface area contributed by atoms with Gasteiger partial charge in [0, 0.05) is 48.1 Å². The zero-order chi connectivity index (χ0) is 14.6. The van der Waals surface area contributed by atoms with Crippen molar-refractivity contribution in [2.45, 2.75) is 51.4 Å². The molecule has 1 fully saturated rings. The maximum absolute atomic E-state index is 4.48. The van der Waals surface area contributed by atoms with E-state index in [2.05, 4.69) is 66.8 Å². The highest BCUT2D eigenvalue weighted by atomic mass is 32.2. The van der Waals surface area contributed by atoms with E-state index in [1.807, 2.05) is 6.20 Å². The maximum atomic E-state index is 4.48. The van der Waals surface area contributed by atoms with Gasteiger partial charge in [0.05, 0.1) is 5.69 Å². The molecular weight excluding hydrogens is 266 g/mol. The molecule has 1 aromatic heterocycles. The lowest BCUT2D eigenvalue weighted by Crippen LogP contribution is -2.38. The van der Waals surface area contributed by atoms with Crippen molar-refractivity contribution in [1.82, 2.24) is 10.3 Å². The molecule has 1 atom stereocenters. The first-order chi connectivity index (χ1) is 9.48. The highest BCUT2D eigenvalue weighted by Gasteiger charge is 2.19. The Kier molecular flexibility index (Phi) is 5.33. The van der Waals surface area contributed by atoms with Crippen LogP contribution < -0.4 is 10.2 Å². The molecular formula is C16H27N3S. The van der Waals surface area contributed by atoms with Crippen LogP contribution in [0.1, 0.15) is 39.8 Å². The zero-order valence-corrected chi connectivity index (χ0v) is 14.0. The van der Waals surface area contributed by atoms with Gasteiger partial charge in [-0.25, -0.2) is 0 Å². The summed E-state index contributed by atoms with van der Waals surface area (Å²) in [7, 11) is 0. The van der Waals surface area contributed by atoms with Crippen molar-refractivity contribution in [3.05, 3.63) is 24.0 Å². The summed E-state index contributed by atoms with van der Waals surface area (Å²) in [5.74, 6) is 1.23. The molecule has 0 saturated carbocycles. The summed E-state index contributed by atoms with van der Waals surface area (Å²) in [6, 6.07) is 4.38. The molecule has 4 heteroatoms. The molecule has 0 spiro atoms. The highest BCUT2D eigenvalue weighted by molar-refractivity contribution is 8.00. The van der Waals surface area contributed by atoms with Gasteiger partial charge in [0.1, 0.15) is 0 Å². The van der Waals surface area contributed by atoms with Gasteiger partial charge in [-0.05, 0) is 39.3 Å². The minimum absolute atomic E-state index is 0.132. The number of aromatic nitrogens is 1. The number of rotatable bonds is 4. The number of thioether (sulfide) groups is 1. The van der Waals surface area contributed by atoms with Gasteiger partial charge in [-0.1, -0.05) is 6.92 Å².